The molecule has 0 aliphatic heterocycles. The highest BCUT2D eigenvalue weighted by molar-refractivity contribution is 6.06. The van der Waals surface area contributed by atoms with Crippen LogP contribution in [0.15, 0.2) is 53.1 Å². The molecule has 19 heavy (non-hydrogen) atoms. The average molecular weight is 251 g/mol. The molecule has 1 heteroatoms. The highest BCUT2D eigenvalue weighted by atomic mass is 16.5. The number of fused-ring (bicyclic) bond motifs is 3. The number of para-hydroxylation sites is 1. The second-order valence-corrected chi connectivity index (χ2v) is 5.96. The fourth-order valence-electron chi connectivity index (χ4n) is 2.58. The monoisotopic (exact) mass is 251 g/mol. The summed E-state index contributed by atoms with van der Waals surface area (Å²) < 4.78 is 3.07. The largest absolute Gasteiger partial charge is 0.504 e. The molecule has 0 N–H and O–H groups in total. The predicted octanol–water partition coefficient (Wildman–Crippen LogP) is 5.67. The minimum absolute atomic E-state index is 0.163. The van der Waals surface area contributed by atoms with E-state index >= 15 is 0 Å². The van der Waals surface area contributed by atoms with Crippen LogP contribution in [0.25, 0.3) is 28.2 Å². The molecular weight excluding hydrogens is 232 g/mol. The lowest BCUT2D eigenvalue weighted by atomic mass is 9.86. The van der Waals surface area contributed by atoms with Crippen molar-refractivity contribution in [1.29, 1.82) is 0 Å². The molecule has 3 aromatic rings. The summed E-state index contributed by atoms with van der Waals surface area (Å²) >= 11 is 0. The lowest BCUT2D eigenvalue weighted by Gasteiger charge is -2.18. The van der Waals surface area contributed by atoms with Gasteiger partial charge in [-0.25, -0.2) is 0 Å². The molecule has 0 saturated heterocycles. The standard InChI is InChI=1S/C18H19O/c1-5-19-16-9-7-6-8-14(16)15-12-13(18(2,3)4)10-11-17(15)19/h5-12H,1H2,2-4H3/q+1. The lowest BCUT2D eigenvalue weighted by Crippen LogP contribution is -2.10. The third kappa shape index (κ3) is 1.77. The first-order chi connectivity index (χ1) is 9.02. The van der Waals surface area contributed by atoms with Crippen LogP contribution in [0, 0.1) is 0 Å². The molecule has 1 nitrogen and oxygen atoms in total. The molecule has 2 aromatic carbocycles. The molecule has 1 heterocycles. The molecule has 0 atom stereocenters. The second kappa shape index (κ2) is 3.99. The molecule has 0 unspecified atom stereocenters. The summed E-state index contributed by atoms with van der Waals surface area (Å²) in [5.41, 5.74) is 3.80. The van der Waals surface area contributed by atoms with E-state index in [-0.39, 0.29) is 5.41 Å². The van der Waals surface area contributed by atoms with E-state index in [9.17, 15) is 0 Å². The van der Waals surface area contributed by atoms with Crippen molar-refractivity contribution in [2.24, 2.45) is 0 Å². The van der Waals surface area contributed by atoms with Crippen LogP contribution < -0.4 is 0 Å². The zero-order valence-electron chi connectivity index (χ0n) is 11.7. The van der Waals surface area contributed by atoms with Crippen molar-refractivity contribution in [3.63, 3.8) is 0 Å². The summed E-state index contributed by atoms with van der Waals surface area (Å²) in [5.74, 6) is 0. The van der Waals surface area contributed by atoms with E-state index in [4.69, 9.17) is 0 Å². The quantitative estimate of drug-likeness (QED) is 0.490. The summed E-state index contributed by atoms with van der Waals surface area (Å²) in [6.07, 6.45) is 1.81. The van der Waals surface area contributed by atoms with E-state index in [0.717, 1.165) is 11.2 Å². The fraction of sp³-hybridized carbons (Fsp3) is 0.222. The minimum atomic E-state index is 0.163. The average Bonchev–Trinajstić information content (AvgIpc) is 2.70. The Balaban J connectivity index is 2.46. The van der Waals surface area contributed by atoms with Crippen LogP contribution in [0.3, 0.4) is 0 Å². The number of rotatable bonds is 1. The van der Waals surface area contributed by atoms with Crippen LogP contribution >= 0.6 is 0 Å². The van der Waals surface area contributed by atoms with Crippen molar-refractivity contribution in [2.75, 3.05) is 0 Å². The third-order valence-electron chi connectivity index (χ3n) is 3.66. The highest BCUT2D eigenvalue weighted by Gasteiger charge is 2.20. The molecule has 0 aliphatic carbocycles. The van der Waals surface area contributed by atoms with Gasteiger partial charge in [0.15, 0.2) is 0 Å². The van der Waals surface area contributed by atoms with Crippen LogP contribution in [0.4, 0.5) is 0 Å². The Morgan fingerprint density at radius 1 is 0.947 bits per heavy atom. The molecular formula is C18H19O+. The Morgan fingerprint density at radius 3 is 2.32 bits per heavy atom. The van der Waals surface area contributed by atoms with E-state index < -0.39 is 0 Å². The Labute approximate surface area is 113 Å². The van der Waals surface area contributed by atoms with E-state index in [1.807, 2.05) is 0 Å². The SMILES string of the molecule is C=C[o+]1c2ccccc2c2cc(C(C)(C)C)ccc21. The molecule has 0 amide bonds. The van der Waals surface area contributed by atoms with Crippen molar-refractivity contribution in [3.05, 3.63) is 54.6 Å². The maximum atomic E-state index is 3.90. The first-order valence-electron chi connectivity index (χ1n) is 6.62. The minimum Gasteiger partial charge on any atom is -0.504 e. The zero-order valence-corrected chi connectivity index (χ0v) is 11.7. The lowest BCUT2D eigenvalue weighted by molar-refractivity contribution is 0.431. The van der Waals surface area contributed by atoms with Crippen LogP contribution in [-0.4, -0.2) is 0 Å². The molecule has 0 spiro atoms. The van der Waals surface area contributed by atoms with Crippen LogP contribution in [-0.2, 0) is 5.41 Å². The van der Waals surface area contributed by atoms with Gasteiger partial charge in [-0.1, -0.05) is 32.9 Å². The van der Waals surface area contributed by atoms with Gasteiger partial charge in [0.2, 0.25) is 6.26 Å². The molecule has 96 valence electrons. The smallest absolute Gasteiger partial charge is 0.275 e. The van der Waals surface area contributed by atoms with Crippen molar-refractivity contribution in [1.82, 2.24) is 0 Å². The van der Waals surface area contributed by atoms with Gasteiger partial charge in [-0.3, -0.25) is 0 Å². The first-order valence-corrected chi connectivity index (χ1v) is 6.62. The molecule has 0 aliphatic rings. The van der Waals surface area contributed by atoms with Gasteiger partial charge in [0, 0.05) is 12.1 Å². The van der Waals surface area contributed by atoms with E-state index in [1.54, 1.807) is 6.26 Å². The topological polar surface area (TPSA) is 2.70 Å². The van der Waals surface area contributed by atoms with Crippen molar-refractivity contribution in [2.45, 2.75) is 26.2 Å². The maximum Gasteiger partial charge on any atom is 0.275 e. The highest BCUT2D eigenvalue weighted by Crippen LogP contribution is 2.37. The molecule has 3 rings (SSSR count). The van der Waals surface area contributed by atoms with Crippen LogP contribution in [0.1, 0.15) is 26.3 Å². The van der Waals surface area contributed by atoms with Crippen LogP contribution in [0.2, 0.25) is 0 Å². The van der Waals surface area contributed by atoms with Gasteiger partial charge >= 0.3 is 0 Å². The van der Waals surface area contributed by atoms with Crippen molar-refractivity contribution < 1.29 is 4.05 Å². The van der Waals surface area contributed by atoms with E-state index in [1.165, 1.54) is 16.3 Å². The Bertz CT molecular complexity index is 769. The summed E-state index contributed by atoms with van der Waals surface area (Å²) in [6, 6.07) is 15.1. The first kappa shape index (κ1) is 12.0. The van der Waals surface area contributed by atoms with Crippen LogP contribution in [0.5, 0.6) is 0 Å². The summed E-state index contributed by atoms with van der Waals surface area (Å²) in [4.78, 5) is 0. The molecule has 0 fully saturated rings. The molecule has 1 aromatic heterocycles. The maximum absolute atomic E-state index is 3.90. The number of furan rings is 1. The van der Waals surface area contributed by atoms with Gasteiger partial charge in [0.1, 0.15) is 0 Å². The second-order valence-electron chi connectivity index (χ2n) is 5.96. The van der Waals surface area contributed by atoms with Gasteiger partial charge in [0.05, 0.1) is 10.8 Å². The normalized spacial score (nSPS) is 12.2. The van der Waals surface area contributed by atoms with Gasteiger partial charge < -0.3 is 4.05 Å². The molecule has 0 bridgehead atoms. The van der Waals surface area contributed by atoms with Gasteiger partial charge in [-0.15, -0.1) is 0 Å². The number of hydrogen-bond donors (Lipinski definition) is 0. The Hall–Kier alpha value is -2.02. The van der Waals surface area contributed by atoms with Gasteiger partial charge in [-0.05, 0) is 35.8 Å². The predicted molar refractivity (Wildman–Crippen MR) is 83.4 cm³/mol. The number of benzene rings is 2. The summed E-state index contributed by atoms with van der Waals surface area (Å²) in [6.45, 7) is 10.6. The molecule has 0 radical (unpaired) electrons. The van der Waals surface area contributed by atoms with Crippen molar-refractivity contribution in [3.8, 4) is 0 Å². The molecule has 0 saturated carbocycles. The van der Waals surface area contributed by atoms with Gasteiger partial charge in [-0.2, -0.15) is 0 Å². The summed E-state index contributed by atoms with van der Waals surface area (Å²) in [7, 11) is 0. The van der Waals surface area contributed by atoms with Gasteiger partial charge in [0.25, 0.3) is 11.2 Å². The van der Waals surface area contributed by atoms with Crippen molar-refractivity contribution >= 4 is 28.2 Å². The Kier molecular flexibility index (Phi) is 2.53. The zero-order chi connectivity index (χ0) is 13.6. The fourth-order valence-corrected chi connectivity index (χ4v) is 2.58. The Morgan fingerprint density at radius 2 is 1.63 bits per heavy atom. The number of hydrogen-bond acceptors (Lipinski definition) is 0. The van der Waals surface area contributed by atoms with E-state index in [2.05, 4.69) is 73.9 Å². The third-order valence-corrected chi connectivity index (χ3v) is 3.66. The van der Waals surface area contributed by atoms with E-state index in [0.29, 0.717) is 0 Å². The summed E-state index contributed by atoms with van der Waals surface area (Å²) in [5, 5.41) is 2.53.